The molecule has 98 valence electrons. The molecule has 0 heterocycles. The lowest BCUT2D eigenvalue weighted by Crippen LogP contribution is -2.48. The van der Waals surface area contributed by atoms with Crippen molar-refractivity contribution in [3.8, 4) is 5.75 Å². The molecule has 2 nitrogen and oxygen atoms in total. The van der Waals surface area contributed by atoms with Gasteiger partial charge < -0.3 is 10.5 Å². The number of anilines is 1. The molecule has 0 radical (unpaired) electrons. The highest BCUT2D eigenvalue weighted by Gasteiger charge is 2.44. The van der Waals surface area contributed by atoms with Crippen molar-refractivity contribution in [1.29, 1.82) is 0 Å². The number of benzene rings is 1. The number of fused-ring (bicyclic) bond motifs is 1. The van der Waals surface area contributed by atoms with Gasteiger partial charge in [-0.15, -0.1) is 0 Å². The average molecular weight is 245 g/mol. The average Bonchev–Trinajstić information content (AvgIpc) is 2.41. The molecule has 2 heteroatoms. The Morgan fingerprint density at radius 2 is 1.56 bits per heavy atom. The van der Waals surface area contributed by atoms with Crippen molar-refractivity contribution in [2.45, 2.75) is 57.0 Å². The van der Waals surface area contributed by atoms with Crippen LogP contribution in [0.25, 0.3) is 0 Å². The molecule has 0 unspecified atom stereocenters. The van der Waals surface area contributed by atoms with Gasteiger partial charge in [-0.3, -0.25) is 0 Å². The van der Waals surface area contributed by atoms with E-state index in [9.17, 15) is 0 Å². The zero-order chi connectivity index (χ0) is 12.4. The van der Waals surface area contributed by atoms with Crippen LogP contribution in [0.15, 0.2) is 24.3 Å². The van der Waals surface area contributed by atoms with Crippen LogP contribution in [0.1, 0.15) is 51.4 Å². The molecule has 2 aliphatic rings. The van der Waals surface area contributed by atoms with E-state index in [-0.39, 0.29) is 5.60 Å². The number of nitrogen functional groups attached to an aromatic ring is 1. The first-order valence-electron chi connectivity index (χ1n) is 7.33. The first kappa shape index (κ1) is 11.9. The van der Waals surface area contributed by atoms with Gasteiger partial charge >= 0.3 is 0 Å². The van der Waals surface area contributed by atoms with Crippen molar-refractivity contribution in [2.24, 2.45) is 5.92 Å². The van der Waals surface area contributed by atoms with Crippen molar-refractivity contribution in [3.05, 3.63) is 24.3 Å². The molecule has 1 aromatic rings. The molecule has 2 saturated carbocycles. The van der Waals surface area contributed by atoms with Crippen LogP contribution >= 0.6 is 0 Å². The second-order valence-electron chi connectivity index (χ2n) is 5.92. The molecule has 2 N–H and O–H groups in total. The molecule has 0 saturated heterocycles. The van der Waals surface area contributed by atoms with E-state index in [1.165, 1.54) is 51.4 Å². The Kier molecular flexibility index (Phi) is 3.19. The van der Waals surface area contributed by atoms with Crippen LogP contribution < -0.4 is 10.5 Å². The quantitative estimate of drug-likeness (QED) is 0.794. The van der Waals surface area contributed by atoms with Crippen LogP contribution in [0.4, 0.5) is 5.69 Å². The third-order valence-electron chi connectivity index (χ3n) is 4.75. The second kappa shape index (κ2) is 4.83. The maximum atomic E-state index is 6.45. The zero-order valence-corrected chi connectivity index (χ0v) is 11.0. The Labute approximate surface area is 110 Å². The predicted octanol–water partition coefficient (Wildman–Crippen LogP) is 4.15. The maximum Gasteiger partial charge on any atom is 0.120 e. The molecule has 0 aromatic heterocycles. The lowest BCUT2D eigenvalue weighted by Gasteiger charge is -2.47. The highest BCUT2D eigenvalue weighted by Crippen LogP contribution is 2.46. The van der Waals surface area contributed by atoms with Gasteiger partial charge in [0.1, 0.15) is 11.4 Å². The number of hydrogen-bond acceptors (Lipinski definition) is 2. The Bertz CT molecular complexity index is 386. The Morgan fingerprint density at radius 3 is 2.17 bits per heavy atom. The van der Waals surface area contributed by atoms with Gasteiger partial charge in [-0.2, -0.15) is 0 Å². The minimum atomic E-state index is 0.132. The summed E-state index contributed by atoms with van der Waals surface area (Å²) < 4.78 is 6.45. The van der Waals surface area contributed by atoms with E-state index >= 15 is 0 Å². The summed E-state index contributed by atoms with van der Waals surface area (Å²) in [7, 11) is 0. The van der Waals surface area contributed by atoms with Gasteiger partial charge in [0, 0.05) is 5.69 Å². The third-order valence-corrected chi connectivity index (χ3v) is 4.75. The smallest absolute Gasteiger partial charge is 0.120 e. The Morgan fingerprint density at radius 1 is 0.944 bits per heavy atom. The highest BCUT2D eigenvalue weighted by atomic mass is 16.5. The number of hydrogen-bond donors (Lipinski definition) is 1. The molecule has 0 aliphatic heterocycles. The second-order valence-corrected chi connectivity index (χ2v) is 5.92. The summed E-state index contributed by atoms with van der Waals surface area (Å²) >= 11 is 0. The van der Waals surface area contributed by atoms with Crippen LogP contribution in [-0.2, 0) is 0 Å². The molecule has 0 atom stereocenters. The van der Waals surface area contributed by atoms with Gasteiger partial charge in [-0.25, -0.2) is 0 Å². The van der Waals surface area contributed by atoms with Crippen molar-refractivity contribution < 1.29 is 4.74 Å². The molecule has 0 bridgehead atoms. The molecule has 0 spiro atoms. The Balaban J connectivity index is 1.80. The van der Waals surface area contributed by atoms with E-state index < -0.39 is 0 Å². The summed E-state index contributed by atoms with van der Waals surface area (Å²) in [5, 5.41) is 0. The summed E-state index contributed by atoms with van der Waals surface area (Å²) in [4.78, 5) is 0. The lowest BCUT2D eigenvalue weighted by atomic mass is 9.67. The van der Waals surface area contributed by atoms with E-state index in [2.05, 4.69) is 0 Å². The molecular weight excluding hydrogens is 222 g/mol. The summed E-state index contributed by atoms with van der Waals surface area (Å²) in [6.45, 7) is 0. The Hall–Kier alpha value is -1.18. The van der Waals surface area contributed by atoms with E-state index in [1.54, 1.807) is 0 Å². The van der Waals surface area contributed by atoms with E-state index in [0.717, 1.165) is 17.4 Å². The van der Waals surface area contributed by atoms with Crippen molar-refractivity contribution in [2.75, 3.05) is 5.73 Å². The molecule has 0 amide bonds. The molecular formula is C16H23NO. The SMILES string of the molecule is Nc1ccc(OC23CCCCC2CCCC3)cc1. The van der Waals surface area contributed by atoms with Crippen molar-refractivity contribution in [1.82, 2.24) is 0 Å². The van der Waals surface area contributed by atoms with Crippen LogP contribution in [-0.4, -0.2) is 5.60 Å². The third kappa shape index (κ3) is 2.21. The fourth-order valence-corrected chi connectivity index (χ4v) is 3.79. The van der Waals surface area contributed by atoms with Crippen LogP contribution in [0.3, 0.4) is 0 Å². The minimum absolute atomic E-state index is 0.132. The van der Waals surface area contributed by atoms with E-state index in [0.29, 0.717) is 0 Å². The first-order valence-corrected chi connectivity index (χ1v) is 7.33. The number of ether oxygens (including phenoxy) is 1. The first-order chi connectivity index (χ1) is 8.78. The monoisotopic (exact) mass is 245 g/mol. The van der Waals surface area contributed by atoms with Crippen LogP contribution in [0, 0.1) is 5.92 Å². The summed E-state index contributed by atoms with van der Waals surface area (Å²) in [5.74, 6) is 1.77. The van der Waals surface area contributed by atoms with Crippen LogP contribution in [0.2, 0.25) is 0 Å². The van der Waals surface area contributed by atoms with Gasteiger partial charge in [-0.05, 0) is 68.7 Å². The molecule has 18 heavy (non-hydrogen) atoms. The van der Waals surface area contributed by atoms with Gasteiger partial charge in [0.2, 0.25) is 0 Å². The van der Waals surface area contributed by atoms with Crippen molar-refractivity contribution in [3.63, 3.8) is 0 Å². The van der Waals surface area contributed by atoms with Crippen LogP contribution in [0.5, 0.6) is 5.75 Å². The molecule has 2 fully saturated rings. The van der Waals surface area contributed by atoms with E-state index in [1.807, 2.05) is 24.3 Å². The van der Waals surface area contributed by atoms with Gasteiger partial charge in [0.05, 0.1) is 0 Å². The zero-order valence-electron chi connectivity index (χ0n) is 11.0. The fourth-order valence-electron chi connectivity index (χ4n) is 3.79. The normalized spacial score (nSPS) is 31.7. The van der Waals surface area contributed by atoms with E-state index in [4.69, 9.17) is 10.5 Å². The predicted molar refractivity (Wildman–Crippen MR) is 74.6 cm³/mol. The fraction of sp³-hybridized carbons (Fsp3) is 0.625. The summed E-state index contributed by atoms with van der Waals surface area (Å²) in [6.07, 6.45) is 10.6. The van der Waals surface area contributed by atoms with Gasteiger partial charge in [0.25, 0.3) is 0 Å². The molecule has 2 aliphatic carbocycles. The molecule has 3 rings (SSSR count). The standard InChI is InChI=1S/C16H23NO/c17-14-7-9-15(10-8-14)18-16-11-3-1-5-13(16)6-2-4-12-16/h7-10,13H,1-6,11-12,17H2. The highest BCUT2D eigenvalue weighted by molar-refractivity contribution is 5.41. The lowest BCUT2D eigenvalue weighted by molar-refractivity contribution is -0.0523. The van der Waals surface area contributed by atoms with Gasteiger partial charge in [-0.1, -0.05) is 12.8 Å². The number of rotatable bonds is 2. The topological polar surface area (TPSA) is 35.2 Å². The molecule has 1 aromatic carbocycles. The maximum absolute atomic E-state index is 6.45. The largest absolute Gasteiger partial charge is 0.487 e. The number of nitrogens with two attached hydrogens (primary N) is 1. The van der Waals surface area contributed by atoms with Crippen molar-refractivity contribution >= 4 is 5.69 Å². The van der Waals surface area contributed by atoms with Gasteiger partial charge in [0.15, 0.2) is 0 Å². The minimum Gasteiger partial charge on any atom is -0.487 e. The summed E-state index contributed by atoms with van der Waals surface area (Å²) in [6, 6.07) is 7.91. The summed E-state index contributed by atoms with van der Waals surface area (Å²) in [5.41, 5.74) is 6.67.